The predicted octanol–water partition coefficient (Wildman–Crippen LogP) is 2.69. The Kier molecular flexibility index (Phi) is 5.12. The van der Waals surface area contributed by atoms with E-state index in [1.165, 1.54) is 23.0 Å². The number of carbonyl (C=O) groups is 1. The highest BCUT2D eigenvalue weighted by Crippen LogP contribution is 2.24. The Hall–Kier alpha value is -2.80. The first-order chi connectivity index (χ1) is 11.8. The van der Waals surface area contributed by atoms with Crippen LogP contribution < -0.4 is 0 Å². The second-order valence-electron chi connectivity index (χ2n) is 5.22. The van der Waals surface area contributed by atoms with E-state index < -0.39 is 11.9 Å². The topological polar surface area (TPSA) is 65.7 Å². The molecule has 1 atom stereocenters. The predicted molar refractivity (Wildman–Crippen MR) is 83.6 cm³/mol. The van der Waals surface area contributed by atoms with E-state index in [9.17, 15) is 9.18 Å². The monoisotopic (exact) mass is 329 g/mol. The highest BCUT2D eigenvalue weighted by Gasteiger charge is 2.18. The van der Waals surface area contributed by atoms with E-state index in [-0.39, 0.29) is 5.56 Å². The fraction of sp³-hybridized carbons (Fsp3) is 0.235. The van der Waals surface area contributed by atoms with Gasteiger partial charge in [0.15, 0.2) is 5.65 Å². The Balaban J connectivity index is 1.65. The zero-order chi connectivity index (χ0) is 16.8. The van der Waals surface area contributed by atoms with Gasteiger partial charge in [0.2, 0.25) is 0 Å². The molecule has 3 aromatic rings. The van der Waals surface area contributed by atoms with Crippen LogP contribution in [0.25, 0.3) is 5.65 Å². The summed E-state index contributed by atoms with van der Waals surface area (Å²) >= 11 is 0. The van der Waals surface area contributed by atoms with Crippen molar-refractivity contribution >= 4 is 12.1 Å². The quantitative estimate of drug-likeness (QED) is 0.469. The Bertz CT molecular complexity index is 807. The summed E-state index contributed by atoms with van der Waals surface area (Å²) in [6, 6.07) is 11.2. The third-order valence-electron chi connectivity index (χ3n) is 3.62. The average Bonchev–Trinajstić information content (AvgIpc) is 3.05. The second kappa shape index (κ2) is 7.65. The van der Waals surface area contributed by atoms with E-state index >= 15 is 0 Å². The zero-order valence-electron chi connectivity index (χ0n) is 12.8. The number of halogens is 1. The summed E-state index contributed by atoms with van der Waals surface area (Å²) in [4.78, 5) is 10.7. The van der Waals surface area contributed by atoms with E-state index in [0.717, 1.165) is 5.56 Å². The molecule has 0 radical (unpaired) electrons. The van der Waals surface area contributed by atoms with Crippen molar-refractivity contribution in [1.82, 2.24) is 14.6 Å². The molecule has 0 spiro atoms. The number of aromatic nitrogens is 3. The van der Waals surface area contributed by atoms with E-state index in [0.29, 0.717) is 31.8 Å². The normalized spacial score (nSPS) is 12.2. The van der Waals surface area contributed by atoms with Gasteiger partial charge in [0.25, 0.3) is 6.47 Å². The summed E-state index contributed by atoms with van der Waals surface area (Å²) in [5, 5.41) is 7.58. The van der Waals surface area contributed by atoms with E-state index in [1.54, 1.807) is 0 Å². The smallest absolute Gasteiger partial charge is 0.293 e. The van der Waals surface area contributed by atoms with E-state index in [2.05, 4.69) is 10.2 Å². The number of pyridine rings is 1. The van der Waals surface area contributed by atoms with Crippen LogP contribution >= 0.6 is 0 Å². The average molecular weight is 329 g/mol. The highest BCUT2D eigenvalue weighted by atomic mass is 19.1. The molecule has 0 saturated carbocycles. The first-order valence-electron chi connectivity index (χ1n) is 7.47. The van der Waals surface area contributed by atoms with Gasteiger partial charge in [-0.25, -0.2) is 4.39 Å². The number of nitrogens with zero attached hydrogens (tertiary/aromatic N) is 3. The van der Waals surface area contributed by atoms with Gasteiger partial charge in [-0.2, -0.15) is 0 Å². The minimum Gasteiger partial charge on any atom is -0.459 e. The minimum atomic E-state index is -0.736. The van der Waals surface area contributed by atoms with E-state index in [1.807, 2.05) is 30.3 Å². The number of hydrogen-bond donors (Lipinski definition) is 0. The second-order valence-corrected chi connectivity index (χ2v) is 5.22. The van der Waals surface area contributed by atoms with Gasteiger partial charge in [-0.3, -0.25) is 9.20 Å². The Morgan fingerprint density at radius 1 is 1.29 bits per heavy atom. The molecular weight excluding hydrogens is 313 g/mol. The summed E-state index contributed by atoms with van der Waals surface area (Å²) in [7, 11) is 0. The Labute approximate surface area is 137 Å². The number of ether oxygens (including phenoxy) is 2. The molecule has 0 aliphatic rings. The van der Waals surface area contributed by atoms with Gasteiger partial charge in [0.1, 0.15) is 18.2 Å². The van der Waals surface area contributed by atoms with Crippen LogP contribution in [-0.4, -0.2) is 27.7 Å². The third kappa shape index (κ3) is 3.75. The minimum absolute atomic E-state index is 0.255. The fourth-order valence-corrected chi connectivity index (χ4v) is 2.42. The molecule has 1 aromatic carbocycles. The number of hydrogen-bond acceptors (Lipinski definition) is 5. The van der Waals surface area contributed by atoms with Gasteiger partial charge < -0.3 is 9.47 Å². The lowest BCUT2D eigenvalue weighted by Gasteiger charge is -2.16. The molecule has 0 aliphatic heterocycles. The molecular formula is C17H16FN3O3. The van der Waals surface area contributed by atoms with Crippen molar-refractivity contribution in [3.63, 3.8) is 0 Å². The van der Waals surface area contributed by atoms with Crippen LogP contribution in [-0.2, 0) is 20.9 Å². The van der Waals surface area contributed by atoms with Crippen molar-refractivity contribution in [3.05, 3.63) is 65.9 Å². The number of rotatable bonds is 8. The molecule has 0 fully saturated rings. The molecule has 7 heteroatoms. The van der Waals surface area contributed by atoms with Gasteiger partial charge in [0, 0.05) is 18.2 Å². The molecule has 2 heterocycles. The summed E-state index contributed by atoms with van der Waals surface area (Å²) in [6.07, 6.45) is 2.27. The van der Waals surface area contributed by atoms with Gasteiger partial charge in [0.05, 0.1) is 13.2 Å². The lowest BCUT2D eigenvalue weighted by molar-refractivity contribution is -0.135. The number of benzene rings is 1. The lowest BCUT2D eigenvalue weighted by atomic mass is 10.1. The van der Waals surface area contributed by atoms with Crippen molar-refractivity contribution in [2.45, 2.75) is 19.1 Å². The summed E-state index contributed by atoms with van der Waals surface area (Å²) in [5.74, 6) is -0.489. The molecule has 1 unspecified atom stereocenters. The van der Waals surface area contributed by atoms with Crippen molar-refractivity contribution in [2.24, 2.45) is 0 Å². The van der Waals surface area contributed by atoms with Crippen molar-refractivity contribution in [1.29, 1.82) is 0 Å². The molecule has 0 aliphatic carbocycles. The number of fused-ring (bicyclic) bond motifs is 1. The summed E-state index contributed by atoms with van der Waals surface area (Å²) in [6.45, 7) is 1.08. The van der Waals surface area contributed by atoms with Crippen LogP contribution in [0.3, 0.4) is 0 Å². The maximum atomic E-state index is 14.2. The maximum Gasteiger partial charge on any atom is 0.293 e. The molecule has 124 valence electrons. The molecule has 0 N–H and O–H groups in total. The standard InChI is InChI=1S/C17H16FN3O3/c18-15-9-21-11-19-20-17(21)8-14(15)16(24-12-22)6-7-23-10-13-4-2-1-3-5-13/h1-5,8-9,11-12,16H,6-7,10H2. The Morgan fingerprint density at radius 2 is 2.12 bits per heavy atom. The zero-order valence-corrected chi connectivity index (χ0v) is 12.8. The van der Waals surface area contributed by atoms with Gasteiger partial charge in [-0.15, -0.1) is 10.2 Å². The summed E-state index contributed by atoms with van der Waals surface area (Å²) < 4.78 is 26.3. The molecule has 24 heavy (non-hydrogen) atoms. The SMILES string of the molecule is O=COC(CCOCc1ccccc1)c1cc2nncn2cc1F. The lowest BCUT2D eigenvalue weighted by Crippen LogP contribution is -2.10. The van der Waals surface area contributed by atoms with Gasteiger partial charge >= 0.3 is 0 Å². The third-order valence-corrected chi connectivity index (χ3v) is 3.62. The van der Waals surface area contributed by atoms with Crippen molar-refractivity contribution < 1.29 is 18.7 Å². The molecule has 6 nitrogen and oxygen atoms in total. The van der Waals surface area contributed by atoms with E-state index in [4.69, 9.17) is 9.47 Å². The summed E-state index contributed by atoms with van der Waals surface area (Å²) in [5.41, 5.74) is 1.78. The van der Waals surface area contributed by atoms with Crippen molar-refractivity contribution in [2.75, 3.05) is 6.61 Å². The molecule has 3 rings (SSSR count). The van der Waals surface area contributed by atoms with Crippen molar-refractivity contribution in [3.8, 4) is 0 Å². The molecule has 0 bridgehead atoms. The maximum absolute atomic E-state index is 14.2. The van der Waals surface area contributed by atoms with Crippen LogP contribution in [0.1, 0.15) is 23.7 Å². The van der Waals surface area contributed by atoms with Gasteiger partial charge in [-0.05, 0) is 11.6 Å². The Morgan fingerprint density at radius 3 is 2.92 bits per heavy atom. The van der Waals surface area contributed by atoms with Crippen LogP contribution in [0, 0.1) is 5.82 Å². The molecule has 0 saturated heterocycles. The van der Waals surface area contributed by atoms with Crippen LogP contribution in [0.4, 0.5) is 4.39 Å². The fourth-order valence-electron chi connectivity index (χ4n) is 2.42. The first-order valence-corrected chi connectivity index (χ1v) is 7.47. The van der Waals surface area contributed by atoms with Crippen LogP contribution in [0.5, 0.6) is 0 Å². The number of carbonyl (C=O) groups excluding carboxylic acids is 1. The first kappa shape index (κ1) is 16.1. The molecule has 0 amide bonds. The van der Waals surface area contributed by atoms with Crippen LogP contribution in [0.15, 0.2) is 48.9 Å². The highest BCUT2D eigenvalue weighted by molar-refractivity contribution is 5.43. The van der Waals surface area contributed by atoms with Gasteiger partial charge in [-0.1, -0.05) is 30.3 Å². The largest absolute Gasteiger partial charge is 0.459 e. The van der Waals surface area contributed by atoms with Crippen LogP contribution in [0.2, 0.25) is 0 Å². The molecule has 2 aromatic heterocycles.